The molecular formula is C16H20F3NO. The number of halogens is 3. The summed E-state index contributed by atoms with van der Waals surface area (Å²) in [4.78, 5) is 13.0. The Labute approximate surface area is 122 Å². The standard InChI is InChI=1S/C16H20F3NO/c1-2-20-7-5-12(6-8-20)9-14-4-3-13(11-21)10-15(14)16(17,18)19/h3-4,10-12H,2,5-9H2,1H3. The second-order valence-electron chi connectivity index (χ2n) is 5.61. The Hall–Kier alpha value is -1.36. The average Bonchev–Trinajstić information content (AvgIpc) is 2.47. The molecule has 0 radical (unpaired) electrons. The van der Waals surface area contributed by atoms with E-state index in [9.17, 15) is 18.0 Å². The van der Waals surface area contributed by atoms with Gasteiger partial charge in [-0.15, -0.1) is 0 Å². The Balaban J connectivity index is 2.14. The van der Waals surface area contributed by atoms with Crippen molar-refractivity contribution in [2.75, 3.05) is 19.6 Å². The van der Waals surface area contributed by atoms with E-state index in [1.54, 1.807) is 0 Å². The van der Waals surface area contributed by atoms with Crippen molar-refractivity contribution >= 4 is 6.29 Å². The summed E-state index contributed by atoms with van der Waals surface area (Å²) in [5.74, 6) is 0.288. The number of carbonyl (C=O) groups is 1. The Kier molecular flexibility index (Phi) is 5.04. The fourth-order valence-corrected chi connectivity index (χ4v) is 2.93. The van der Waals surface area contributed by atoms with Gasteiger partial charge in [0.15, 0.2) is 0 Å². The van der Waals surface area contributed by atoms with Crippen LogP contribution >= 0.6 is 0 Å². The Bertz CT molecular complexity index is 491. The highest BCUT2D eigenvalue weighted by molar-refractivity contribution is 5.75. The minimum atomic E-state index is -4.40. The molecule has 2 nitrogen and oxygen atoms in total. The number of alkyl halides is 3. The molecule has 1 saturated heterocycles. The summed E-state index contributed by atoms with van der Waals surface area (Å²) in [5.41, 5.74) is -0.278. The zero-order chi connectivity index (χ0) is 15.5. The smallest absolute Gasteiger partial charge is 0.304 e. The number of benzene rings is 1. The van der Waals surface area contributed by atoms with Gasteiger partial charge in [0.05, 0.1) is 5.56 Å². The van der Waals surface area contributed by atoms with Crippen molar-refractivity contribution in [1.82, 2.24) is 4.90 Å². The molecule has 0 saturated carbocycles. The van der Waals surface area contributed by atoms with Crippen LogP contribution < -0.4 is 0 Å². The fraction of sp³-hybridized carbons (Fsp3) is 0.562. The monoisotopic (exact) mass is 299 g/mol. The lowest BCUT2D eigenvalue weighted by molar-refractivity contribution is -0.138. The van der Waals surface area contributed by atoms with E-state index in [2.05, 4.69) is 11.8 Å². The molecule has 0 atom stereocenters. The molecule has 0 bridgehead atoms. The molecule has 0 aliphatic carbocycles. The van der Waals surface area contributed by atoms with Gasteiger partial charge in [0.25, 0.3) is 0 Å². The number of nitrogens with zero attached hydrogens (tertiary/aromatic N) is 1. The molecule has 1 aromatic rings. The number of piperidine rings is 1. The molecule has 0 amide bonds. The van der Waals surface area contributed by atoms with E-state index in [1.165, 1.54) is 12.1 Å². The van der Waals surface area contributed by atoms with E-state index in [-0.39, 0.29) is 11.5 Å². The molecule has 21 heavy (non-hydrogen) atoms. The van der Waals surface area contributed by atoms with Crippen LogP contribution in [0, 0.1) is 5.92 Å². The second-order valence-corrected chi connectivity index (χ2v) is 5.61. The van der Waals surface area contributed by atoms with Crippen LogP contribution in [0.5, 0.6) is 0 Å². The van der Waals surface area contributed by atoms with Crippen molar-refractivity contribution in [2.45, 2.75) is 32.4 Å². The quantitative estimate of drug-likeness (QED) is 0.788. The zero-order valence-corrected chi connectivity index (χ0v) is 12.1. The molecule has 1 aromatic carbocycles. The van der Waals surface area contributed by atoms with Crippen molar-refractivity contribution in [1.29, 1.82) is 0 Å². The van der Waals surface area contributed by atoms with Gasteiger partial charge >= 0.3 is 6.18 Å². The highest BCUT2D eigenvalue weighted by atomic mass is 19.4. The number of hydrogen-bond donors (Lipinski definition) is 0. The first-order valence-corrected chi connectivity index (χ1v) is 7.31. The first-order valence-electron chi connectivity index (χ1n) is 7.31. The number of likely N-dealkylation sites (tertiary alicyclic amines) is 1. The maximum atomic E-state index is 13.1. The number of aldehydes is 1. The first-order chi connectivity index (χ1) is 9.94. The summed E-state index contributed by atoms with van der Waals surface area (Å²) in [6.45, 7) is 5.00. The summed E-state index contributed by atoms with van der Waals surface area (Å²) >= 11 is 0. The third-order valence-corrected chi connectivity index (χ3v) is 4.24. The van der Waals surface area contributed by atoms with E-state index < -0.39 is 11.7 Å². The molecule has 0 unspecified atom stereocenters. The fourth-order valence-electron chi connectivity index (χ4n) is 2.93. The van der Waals surface area contributed by atoms with Crippen molar-refractivity contribution in [3.8, 4) is 0 Å². The van der Waals surface area contributed by atoms with Crippen LogP contribution in [-0.4, -0.2) is 30.8 Å². The molecule has 1 aliphatic heterocycles. The van der Waals surface area contributed by atoms with Gasteiger partial charge in [0.1, 0.15) is 6.29 Å². The van der Waals surface area contributed by atoms with Gasteiger partial charge in [0, 0.05) is 5.56 Å². The topological polar surface area (TPSA) is 20.3 Å². The molecule has 1 heterocycles. The number of carbonyl (C=O) groups excluding carboxylic acids is 1. The van der Waals surface area contributed by atoms with E-state index >= 15 is 0 Å². The Morgan fingerprint density at radius 2 is 1.95 bits per heavy atom. The highest BCUT2D eigenvalue weighted by Crippen LogP contribution is 2.34. The predicted molar refractivity (Wildman–Crippen MR) is 75.4 cm³/mol. The molecule has 116 valence electrons. The number of hydrogen-bond acceptors (Lipinski definition) is 2. The highest BCUT2D eigenvalue weighted by Gasteiger charge is 2.34. The number of rotatable bonds is 4. The van der Waals surface area contributed by atoms with Gasteiger partial charge in [0.2, 0.25) is 0 Å². The summed E-state index contributed by atoms with van der Waals surface area (Å²) in [5, 5.41) is 0. The van der Waals surface area contributed by atoms with Crippen LogP contribution in [0.25, 0.3) is 0 Å². The summed E-state index contributed by atoms with van der Waals surface area (Å²) in [6.07, 6.45) is -1.65. The Morgan fingerprint density at radius 3 is 2.48 bits per heavy atom. The molecule has 1 fully saturated rings. The van der Waals surface area contributed by atoms with E-state index in [0.717, 1.165) is 38.5 Å². The lowest BCUT2D eigenvalue weighted by Gasteiger charge is -2.31. The van der Waals surface area contributed by atoms with Gasteiger partial charge in [-0.2, -0.15) is 13.2 Å². The maximum Gasteiger partial charge on any atom is 0.416 e. The van der Waals surface area contributed by atoms with Gasteiger partial charge < -0.3 is 4.90 Å². The van der Waals surface area contributed by atoms with E-state index in [1.807, 2.05) is 0 Å². The van der Waals surface area contributed by atoms with Crippen LogP contribution in [0.3, 0.4) is 0 Å². The van der Waals surface area contributed by atoms with Gasteiger partial charge in [-0.1, -0.05) is 19.1 Å². The molecular weight excluding hydrogens is 279 g/mol. The molecule has 1 aliphatic rings. The minimum Gasteiger partial charge on any atom is -0.304 e. The third-order valence-electron chi connectivity index (χ3n) is 4.24. The summed E-state index contributed by atoms with van der Waals surface area (Å²) in [7, 11) is 0. The van der Waals surface area contributed by atoms with E-state index in [0.29, 0.717) is 18.3 Å². The minimum absolute atomic E-state index is 0.0758. The molecule has 0 N–H and O–H groups in total. The largest absolute Gasteiger partial charge is 0.416 e. The van der Waals surface area contributed by atoms with Gasteiger partial charge in [-0.25, -0.2) is 0 Å². The van der Waals surface area contributed by atoms with E-state index in [4.69, 9.17) is 0 Å². The van der Waals surface area contributed by atoms with Crippen LogP contribution in [-0.2, 0) is 12.6 Å². The predicted octanol–water partition coefficient (Wildman–Crippen LogP) is 3.79. The third kappa shape index (κ3) is 4.06. The van der Waals surface area contributed by atoms with Gasteiger partial charge in [-0.3, -0.25) is 4.79 Å². The maximum absolute atomic E-state index is 13.1. The molecule has 0 aromatic heterocycles. The first kappa shape index (κ1) is 16.0. The van der Waals surface area contributed by atoms with Crippen LogP contribution in [0.2, 0.25) is 0 Å². The SMILES string of the molecule is CCN1CCC(Cc2ccc(C=O)cc2C(F)(F)F)CC1. The summed E-state index contributed by atoms with van der Waals surface area (Å²) in [6, 6.07) is 3.89. The second kappa shape index (κ2) is 6.60. The Morgan fingerprint density at radius 1 is 1.29 bits per heavy atom. The molecule has 0 spiro atoms. The average molecular weight is 299 g/mol. The van der Waals surface area contributed by atoms with Crippen LogP contribution in [0.4, 0.5) is 13.2 Å². The van der Waals surface area contributed by atoms with Crippen LogP contribution in [0.1, 0.15) is 41.3 Å². The normalized spacial score (nSPS) is 17.9. The van der Waals surface area contributed by atoms with Crippen molar-refractivity contribution < 1.29 is 18.0 Å². The van der Waals surface area contributed by atoms with Crippen molar-refractivity contribution in [3.05, 3.63) is 34.9 Å². The zero-order valence-electron chi connectivity index (χ0n) is 12.1. The molecule has 5 heteroatoms. The lowest BCUT2D eigenvalue weighted by Crippen LogP contribution is -2.34. The van der Waals surface area contributed by atoms with Crippen molar-refractivity contribution in [2.24, 2.45) is 5.92 Å². The molecule has 2 rings (SSSR count). The van der Waals surface area contributed by atoms with Crippen LogP contribution in [0.15, 0.2) is 18.2 Å². The van der Waals surface area contributed by atoms with Crippen molar-refractivity contribution in [3.63, 3.8) is 0 Å². The summed E-state index contributed by atoms with van der Waals surface area (Å²) < 4.78 is 39.3. The lowest BCUT2D eigenvalue weighted by atomic mass is 9.88. The van der Waals surface area contributed by atoms with Gasteiger partial charge in [-0.05, 0) is 56.4 Å².